The van der Waals surface area contributed by atoms with Crippen LogP contribution in [0.25, 0.3) is 86.9 Å². The number of nitrogens with zero attached hydrogens (tertiary/aromatic N) is 2. The smallest absolute Gasteiger partial charge is 0.159 e. The highest BCUT2D eigenvalue weighted by molar-refractivity contribution is 6.29. The van der Waals surface area contributed by atoms with Crippen molar-refractivity contribution in [1.82, 2.24) is 0 Å². The molecule has 1 aliphatic carbocycles. The second-order valence-corrected chi connectivity index (χ2v) is 20.9. The quantitative estimate of drug-likeness (QED) is 0.149. The Kier molecular flexibility index (Phi) is 8.59. The van der Waals surface area contributed by atoms with Gasteiger partial charge in [-0.25, -0.2) is 0 Å². The van der Waals surface area contributed by atoms with Crippen LogP contribution in [0.3, 0.4) is 0 Å². The van der Waals surface area contributed by atoms with Gasteiger partial charge in [-0.15, -0.1) is 0 Å². The highest BCUT2D eigenvalue weighted by atomic mass is 16.3. The molecule has 0 atom stereocenters. The molecule has 0 N–H and O–H groups in total. The summed E-state index contributed by atoms with van der Waals surface area (Å²) < 4.78 is 6.86. The van der Waals surface area contributed by atoms with E-state index in [2.05, 4.69) is 257 Å². The average molecular weight is 899 g/mol. The zero-order valence-corrected chi connectivity index (χ0v) is 40.0. The molecular formula is C67H50N2O. The van der Waals surface area contributed by atoms with Crippen LogP contribution in [0.1, 0.15) is 51.3 Å². The van der Waals surface area contributed by atoms with E-state index in [0.29, 0.717) is 0 Å². The fourth-order valence-corrected chi connectivity index (χ4v) is 12.0. The number of fused-ring (bicyclic) bond motifs is 3. The number of benzene rings is 12. The first-order valence-corrected chi connectivity index (χ1v) is 24.6. The van der Waals surface area contributed by atoms with Crippen molar-refractivity contribution in [3.63, 3.8) is 0 Å². The van der Waals surface area contributed by atoms with Crippen molar-refractivity contribution in [1.29, 1.82) is 0 Å². The van der Waals surface area contributed by atoms with Crippen LogP contribution < -0.4 is 9.80 Å². The van der Waals surface area contributed by atoms with Crippen LogP contribution in [0.5, 0.6) is 0 Å². The minimum atomic E-state index is -0.157. The Labute approximate surface area is 407 Å². The lowest BCUT2D eigenvalue weighted by Crippen LogP contribution is -2.17. The molecule has 12 aromatic carbocycles. The molecule has 3 heteroatoms. The fraction of sp³-hybridized carbons (Fsp3) is 0.104. The van der Waals surface area contributed by atoms with Crippen LogP contribution in [0.4, 0.5) is 34.1 Å². The normalized spacial score (nSPS) is 13.3. The van der Waals surface area contributed by atoms with Gasteiger partial charge >= 0.3 is 0 Å². The van der Waals surface area contributed by atoms with E-state index in [1.807, 2.05) is 0 Å². The Hall–Kier alpha value is -8.40. The van der Waals surface area contributed by atoms with Gasteiger partial charge in [0.25, 0.3) is 0 Å². The Morgan fingerprint density at radius 3 is 1.73 bits per heavy atom. The molecule has 334 valence electrons. The third-order valence-electron chi connectivity index (χ3n) is 15.5. The average Bonchev–Trinajstić information content (AvgIpc) is 3.88. The number of anilines is 6. The predicted octanol–water partition coefficient (Wildman–Crippen LogP) is 19.3. The molecule has 13 aromatic rings. The summed E-state index contributed by atoms with van der Waals surface area (Å²) in [5, 5.41) is 14.8. The highest BCUT2D eigenvalue weighted by Crippen LogP contribution is 2.54. The lowest BCUT2D eigenvalue weighted by molar-refractivity contribution is 0.590. The minimum absolute atomic E-state index is 0.0234. The van der Waals surface area contributed by atoms with Gasteiger partial charge in [0, 0.05) is 43.9 Å². The summed E-state index contributed by atoms with van der Waals surface area (Å²) in [5.41, 5.74) is 14.6. The fourth-order valence-electron chi connectivity index (χ4n) is 12.0. The molecule has 1 aliphatic rings. The van der Waals surface area contributed by atoms with Crippen LogP contribution in [0, 0.1) is 0 Å². The summed E-state index contributed by atoms with van der Waals surface area (Å²) in [6.45, 7) is 11.7. The van der Waals surface area contributed by atoms with E-state index in [1.165, 1.54) is 70.6 Å². The number of rotatable bonds is 7. The first-order chi connectivity index (χ1) is 34.1. The summed E-state index contributed by atoms with van der Waals surface area (Å²) >= 11 is 0. The second-order valence-electron chi connectivity index (χ2n) is 20.9. The molecule has 14 rings (SSSR count). The van der Waals surface area contributed by atoms with Crippen LogP contribution >= 0.6 is 0 Å². The predicted molar refractivity (Wildman–Crippen MR) is 298 cm³/mol. The van der Waals surface area contributed by atoms with Crippen molar-refractivity contribution in [2.45, 2.75) is 45.4 Å². The number of hydrogen-bond acceptors (Lipinski definition) is 3. The van der Waals surface area contributed by atoms with E-state index < -0.39 is 0 Å². The molecule has 0 fully saturated rings. The first-order valence-electron chi connectivity index (χ1n) is 24.6. The maximum atomic E-state index is 6.86. The molecule has 0 saturated carbocycles. The molecule has 0 bridgehead atoms. The molecule has 0 amide bonds. The largest absolute Gasteiger partial charge is 0.454 e. The molecule has 0 radical (unpaired) electrons. The minimum Gasteiger partial charge on any atom is -0.454 e. The van der Waals surface area contributed by atoms with Crippen LogP contribution in [0.2, 0.25) is 0 Å². The Bertz CT molecular complexity index is 4250. The monoisotopic (exact) mass is 898 g/mol. The molecule has 1 heterocycles. The highest BCUT2D eigenvalue weighted by Gasteiger charge is 2.35. The maximum absolute atomic E-state index is 6.86. The zero-order chi connectivity index (χ0) is 47.0. The van der Waals surface area contributed by atoms with Gasteiger partial charge in [-0.2, -0.15) is 0 Å². The van der Waals surface area contributed by atoms with E-state index in [0.717, 1.165) is 67.2 Å². The number of para-hydroxylation sites is 3. The SMILES string of the molecule is CC(C)(C)c1ccc(N(c2cc3c4c(ccc5cccc(c54)C3(C)C)c2)c2ccc3ccc4c(N(c5ccccc5-c5ccccc5)c5cccc6c5oc5ccccc56)ccc5ccc2c3c54)cc1. The molecule has 0 unspecified atom stereocenters. The van der Waals surface area contributed by atoms with Crippen LogP contribution in [-0.2, 0) is 10.8 Å². The van der Waals surface area contributed by atoms with Crippen molar-refractivity contribution in [3.8, 4) is 11.1 Å². The Morgan fingerprint density at radius 1 is 0.386 bits per heavy atom. The maximum Gasteiger partial charge on any atom is 0.159 e. The Morgan fingerprint density at radius 2 is 0.971 bits per heavy atom. The van der Waals surface area contributed by atoms with Gasteiger partial charge in [-0.1, -0.05) is 192 Å². The first kappa shape index (κ1) is 40.6. The van der Waals surface area contributed by atoms with Gasteiger partial charge in [-0.05, 0) is 125 Å². The van der Waals surface area contributed by atoms with Gasteiger partial charge in [0.1, 0.15) is 5.58 Å². The van der Waals surface area contributed by atoms with Crippen LogP contribution in [-0.4, -0.2) is 0 Å². The van der Waals surface area contributed by atoms with Crippen molar-refractivity contribution in [3.05, 3.63) is 229 Å². The standard InChI is InChI=1S/C67H50N2O/c1-66(2,3)46-31-33-47(34-32-46)68(48-39-45-26-25-42-17-13-21-54-63(42)64(45)55(40-48)67(54,4)5)57-37-29-43-28-36-53-58(38-30-44-27-35-52(57)61(43)62(44)53)69(56-22-11-9-18-49(56)41-15-7-6-8-16-41)59-23-14-20-51-50-19-10-12-24-60(50)70-65(51)59/h6-40H,1-5H3. The second kappa shape index (κ2) is 14.8. The number of hydrogen-bond donors (Lipinski definition) is 0. The zero-order valence-electron chi connectivity index (χ0n) is 40.0. The molecule has 1 aromatic heterocycles. The molecule has 0 aliphatic heterocycles. The molecule has 0 spiro atoms. The van der Waals surface area contributed by atoms with Crippen molar-refractivity contribution in [2.24, 2.45) is 0 Å². The van der Waals surface area contributed by atoms with E-state index in [9.17, 15) is 0 Å². The van der Waals surface area contributed by atoms with Gasteiger partial charge in [-0.3, -0.25) is 0 Å². The van der Waals surface area contributed by atoms with Crippen LogP contribution in [0.15, 0.2) is 217 Å². The summed E-state index contributed by atoms with van der Waals surface area (Å²) in [4.78, 5) is 4.96. The molecule has 0 saturated heterocycles. The summed E-state index contributed by atoms with van der Waals surface area (Å²) in [7, 11) is 0. The van der Waals surface area contributed by atoms with Gasteiger partial charge in [0.05, 0.1) is 22.7 Å². The van der Waals surface area contributed by atoms with Gasteiger partial charge in [0.15, 0.2) is 5.58 Å². The molecule has 3 nitrogen and oxygen atoms in total. The topological polar surface area (TPSA) is 19.6 Å². The summed E-state index contributed by atoms with van der Waals surface area (Å²) in [5.74, 6) is 0. The van der Waals surface area contributed by atoms with E-state index >= 15 is 0 Å². The summed E-state index contributed by atoms with van der Waals surface area (Å²) in [6, 6.07) is 78.8. The molecular weight excluding hydrogens is 849 g/mol. The lowest BCUT2D eigenvalue weighted by Gasteiger charge is -2.31. The third kappa shape index (κ3) is 5.88. The van der Waals surface area contributed by atoms with E-state index in [4.69, 9.17) is 4.42 Å². The van der Waals surface area contributed by atoms with Gasteiger partial charge < -0.3 is 14.2 Å². The van der Waals surface area contributed by atoms with E-state index in [-0.39, 0.29) is 10.8 Å². The third-order valence-corrected chi connectivity index (χ3v) is 15.5. The molecule has 70 heavy (non-hydrogen) atoms. The number of furan rings is 1. The van der Waals surface area contributed by atoms with Crippen molar-refractivity contribution < 1.29 is 4.42 Å². The lowest BCUT2D eigenvalue weighted by atomic mass is 9.81. The van der Waals surface area contributed by atoms with Crippen molar-refractivity contribution >= 4 is 110 Å². The van der Waals surface area contributed by atoms with Crippen molar-refractivity contribution in [2.75, 3.05) is 9.80 Å². The summed E-state index contributed by atoms with van der Waals surface area (Å²) in [6.07, 6.45) is 0. The van der Waals surface area contributed by atoms with Gasteiger partial charge in [0.2, 0.25) is 0 Å². The Balaban J connectivity index is 1.03. The van der Waals surface area contributed by atoms with E-state index in [1.54, 1.807) is 0 Å².